The van der Waals surface area contributed by atoms with Crippen LogP contribution in [0.15, 0.2) is 48.5 Å². The number of carbonyl (C=O) groups excluding carboxylic acids is 2. The van der Waals surface area contributed by atoms with Gasteiger partial charge in [0.1, 0.15) is 32.7 Å². The molecule has 2 aromatic rings. The van der Waals surface area contributed by atoms with E-state index in [1.165, 1.54) is 16.0 Å². The Morgan fingerprint density at radius 1 is 0.967 bits per heavy atom. The highest BCUT2D eigenvalue weighted by molar-refractivity contribution is 5.97. The van der Waals surface area contributed by atoms with Crippen molar-refractivity contribution < 1.29 is 19.4 Å². The number of rotatable bonds is 7. The Labute approximate surface area is 179 Å². The predicted molar refractivity (Wildman–Crippen MR) is 119 cm³/mol. The SMILES string of the molecule is CNC(=O)c1cccc(NC(=O)C[NH+]2CC[NH+](Cc3ccc(C(C)C)cc3)CC2)c1. The molecule has 160 valence electrons. The van der Waals surface area contributed by atoms with E-state index in [1.54, 1.807) is 30.1 Å². The Morgan fingerprint density at radius 3 is 2.27 bits per heavy atom. The third kappa shape index (κ3) is 6.15. The smallest absolute Gasteiger partial charge is 0.279 e. The highest BCUT2D eigenvalue weighted by Crippen LogP contribution is 2.14. The summed E-state index contributed by atoms with van der Waals surface area (Å²) >= 11 is 0. The summed E-state index contributed by atoms with van der Waals surface area (Å²) in [6.45, 7) is 10.1. The lowest BCUT2D eigenvalue weighted by molar-refractivity contribution is -1.02. The molecule has 0 aromatic heterocycles. The molecular formula is C24H34N4O2+2. The average molecular weight is 411 g/mol. The van der Waals surface area contributed by atoms with E-state index in [0.717, 1.165) is 32.7 Å². The van der Waals surface area contributed by atoms with Crippen LogP contribution >= 0.6 is 0 Å². The standard InChI is InChI=1S/C24H32N4O2/c1-18(2)20-9-7-19(8-10-20)16-27-11-13-28(14-12-27)17-23(29)26-22-6-4-5-21(15-22)24(30)25-3/h4-10,15,18H,11-14,16-17H2,1-3H3,(H,25,30)(H,26,29)/p+2. The van der Waals surface area contributed by atoms with Crippen molar-refractivity contribution in [3.8, 4) is 0 Å². The molecular weight excluding hydrogens is 376 g/mol. The van der Waals surface area contributed by atoms with Gasteiger partial charge in [0.25, 0.3) is 11.8 Å². The Balaban J connectivity index is 1.44. The first-order valence-electron chi connectivity index (χ1n) is 10.8. The minimum atomic E-state index is -0.158. The summed E-state index contributed by atoms with van der Waals surface area (Å²) < 4.78 is 0. The van der Waals surface area contributed by atoms with Crippen LogP contribution in [0.5, 0.6) is 0 Å². The summed E-state index contributed by atoms with van der Waals surface area (Å²) in [6.07, 6.45) is 0. The van der Waals surface area contributed by atoms with Gasteiger partial charge in [0, 0.05) is 23.9 Å². The molecule has 1 aliphatic heterocycles. The number of nitrogens with one attached hydrogen (secondary N) is 4. The highest BCUT2D eigenvalue weighted by atomic mass is 16.2. The number of piperazine rings is 1. The van der Waals surface area contributed by atoms with E-state index in [4.69, 9.17) is 0 Å². The van der Waals surface area contributed by atoms with Gasteiger partial charge < -0.3 is 20.4 Å². The van der Waals surface area contributed by atoms with Crippen LogP contribution in [0.25, 0.3) is 0 Å². The summed E-state index contributed by atoms with van der Waals surface area (Å²) in [5.41, 5.74) is 3.97. The van der Waals surface area contributed by atoms with Crippen LogP contribution < -0.4 is 20.4 Å². The second kappa shape index (κ2) is 10.4. The lowest BCUT2D eigenvalue weighted by Gasteiger charge is -2.29. The average Bonchev–Trinajstić information content (AvgIpc) is 2.75. The third-order valence-corrected chi connectivity index (χ3v) is 5.81. The fraction of sp³-hybridized carbons (Fsp3) is 0.417. The molecule has 2 amide bonds. The first kappa shape index (κ1) is 22.0. The second-order valence-corrected chi connectivity index (χ2v) is 8.46. The normalized spacial score (nSPS) is 18.8. The molecule has 0 spiro atoms. The van der Waals surface area contributed by atoms with E-state index >= 15 is 0 Å². The van der Waals surface area contributed by atoms with Crippen LogP contribution in [0.3, 0.4) is 0 Å². The van der Waals surface area contributed by atoms with Crippen molar-refractivity contribution in [2.75, 3.05) is 45.1 Å². The minimum absolute atomic E-state index is 0.00761. The van der Waals surface area contributed by atoms with Crippen molar-refractivity contribution in [3.05, 3.63) is 65.2 Å². The quantitative estimate of drug-likeness (QED) is 0.523. The van der Waals surface area contributed by atoms with Gasteiger partial charge in [-0.25, -0.2) is 0 Å². The van der Waals surface area contributed by atoms with Gasteiger partial charge in [0.05, 0.1) is 0 Å². The van der Waals surface area contributed by atoms with E-state index < -0.39 is 0 Å². The molecule has 0 unspecified atom stereocenters. The van der Waals surface area contributed by atoms with Crippen molar-refractivity contribution in [1.82, 2.24) is 5.32 Å². The minimum Gasteiger partial charge on any atom is -0.355 e. The molecule has 6 nitrogen and oxygen atoms in total. The number of anilines is 1. The molecule has 6 heteroatoms. The molecule has 0 radical (unpaired) electrons. The molecule has 1 saturated heterocycles. The van der Waals surface area contributed by atoms with Crippen molar-refractivity contribution in [1.29, 1.82) is 0 Å². The topological polar surface area (TPSA) is 67.1 Å². The van der Waals surface area contributed by atoms with Crippen LogP contribution in [0.1, 0.15) is 41.3 Å². The Bertz CT molecular complexity index is 856. The van der Waals surface area contributed by atoms with Gasteiger partial charge in [-0.05, 0) is 29.7 Å². The maximum atomic E-state index is 12.5. The molecule has 1 aliphatic rings. The zero-order valence-corrected chi connectivity index (χ0v) is 18.3. The molecule has 4 N–H and O–H groups in total. The van der Waals surface area contributed by atoms with Crippen molar-refractivity contribution in [2.45, 2.75) is 26.3 Å². The van der Waals surface area contributed by atoms with Gasteiger partial charge >= 0.3 is 0 Å². The van der Waals surface area contributed by atoms with Crippen LogP contribution in [-0.2, 0) is 11.3 Å². The zero-order valence-electron chi connectivity index (χ0n) is 18.3. The van der Waals surface area contributed by atoms with Crippen molar-refractivity contribution in [3.63, 3.8) is 0 Å². The summed E-state index contributed by atoms with van der Waals surface area (Å²) in [6, 6.07) is 16.0. The molecule has 1 heterocycles. The van der Waals surface area contributed by atoms with Gasteiger partial charge in [-0.15, -0.1) is 0 Å². The first-order chi connectivity index (χ1) is 14.4. The fourth-order valence-electron chi connectivity index (χ4n) is 3.93. The van der Waals surface area contributed by atoms with E-state index in [2.05, 4.69) is 48.7 Å². The number of carbonyl (C=O) groups is 2. The summed E-state index contributed by atoms with van der Waals surface area (Å²) in [5.74, 6) is 0.400. The molecule has 2 aromatic carbocycles. The van der Waals surface area contributed by atoms with Crippen molar-refractivity contribution in [2.24, 2.45) is 0 Å². The molecule has 0 aliphatic carbocycles. The van der Waals surface area contributed by atoms with E-state index in [9.17, 15) is 9.59 Å². The Hall–Kier alpha value is -2.70. The lowest BCUT2D eigenvalue weighted by atomic mass is 10.0. The molecule has 0 atom stereocenters. The fourth-order valence-corrected chi connectivity index (χ4v) is 3.93. The zero-order chi connectivity index (χ0) is 21.5. The van der Waals surface area contributed by atoms with E-state index in [-0.39, 0.29) is 11.8 Å². The molecule has 0 bridgehead atoms. The Kier molecular flexibility index (Phi) is 7.60. The predicted octanol–water partition coefficient (Wildman–Crippen LogP) is 0.0917. The number of hydrogen-bond acceptors (Lipinski definition) is 2. The van der Waals surface area contributed by atoms with Gasteiger partial charge in [-0.1, -0.05) is 44.2 Å². The second-order valence-electron chi connectivity index (χ2n) is 8.46. The van der Waals surface area contributed by atoms with Gasteiger partial charge in [-0.2, -0.15) is 0 Å². The Morgan fingerprint density at radius 2 is 1.63 bits per heavy atom. The number of benzene rings is 2. The maximum Gasteiger partial charge on any atom is 0.279 e. The summed E-state index contributed by atoms with van der Waals surface area (Å²) in [5, 5.41) is 5.53. The van der Waals surface area contributed by atoms with Crippen LogP contribution in [0.2, 0.25) is 0 Å². The third-order valence-electron chi connectivity index (χ3n) is 5.81. The van der Waals surface area contributed by atoms with Crippen LogP contribution in [0, 0.1) is 0 Å². The number of hydrogen-bond donors (Lipinski definition) is 4. The van der Waals surface area contributed by atoms with E-state index in [1.807, 2.05) is 6.07 Å². The van der Waals surface area contributed by atoms with Crippen molar-refractivity contribution >= 4 is 17.5 Å². The largest absolute Gasteiger partial charge is 0.355 e. The monoisotopic (exact) mass is 410 g/mol. The molecule has 1 fully saturated rings. The van der Waals surface area contributed by atoms with E-state index in [0.29, 0.717) is 23.7 Å². The van der Waals surface area contributed by atoms with Gasteiger partial charge in [0.15, 0.2) is 6.54 Å². The summed E-state index contributed by atoms with van der Waals surface area (Å²) in [4.78, 5) is 27.1. The van der Waals surface area contributed by atoms with Crippen LogP contribution in [-0.4, -0.2) is 51.6 Å². The van der Waals surface area contributed by atoms with Gasteiger partial charge in [0.2, 0.25) is 0 Å². The molecule has 0 saturated carbocycles. The number of amides is 2. The first-order valence-corrected chi connectivity index (χ1v) is 10.8. The molecule has 30 heavy (non-hydrogen) atoms. The van der Waals surface area contributed by atoms with Crippen LogP contribution in [0.4, 0.5) is 5.69 Å². The van der Waals surface area contributed by atoms with Gasteiger partial charge in [-0.3, -0.25) is 9.59 Å². The molecule has 3 rings (SSSR count). The highest BCUT2D eigenvalue weighted by Gasteiger charge is 2.25. The number of quaternary nitrogens is 2. The maximum absolute atomic E-state index is 12.5. The lowest BCUT2D eigenvalue weighted by Crippen LogP contribution is -3.28. The summed E-state index contributed by atoms with van der Waals surface area (Å²) in [7, 11) is 1.60.